The zero-order valence-electron chi connectivity index (χ0n) is 10.7. The molecule has 21 heavy (non-hydrogen) atoms. The van der Waals surface area contributed by atoms with E-state index in [0.29, 0.717) is 5.69 Å². The molecule has 0 unspecified atom stereocenters. The average Bonchev–Trinajstić information content (AvgIpc) is 2.50. The van der Waals surface area contributed by atoms with E-state index in [0.717, 1.165) is 0 Å². The maximum absolute atomic E-state index is 12.8. The van der Waals surface area contributed by atoms with Gasteiger partial charge in [0.2, 0.25) is 9.84 Å². The molecule has 5 nitrogen and oxygen atoms in total. The van der Waals surface area contributed by atoms with Crippen LogP contribution in [0.5, 0.6) is 0 Å². The lowest BCUT2D eigenvalue weighted by atomic mass is 10.3. The molecule has 2 aromatic carbocycles. The lowest BCUT2D eigenvalue weighted by Crippen LogP contribution is -2.15. The average molecular weight is 303 g/mol. The molecule has 1 N–H and O–H groups in total. The van der Waals surface area contributed by atoms with Gasteiger partial charge in [0.15, 0.2) is 0 Å². The van der Waals surface area contributed by atoms with Gasteiger partial charge < -0.3 is 0 Å². The van der Waals surface area contributed by atoms with Crippen molar-refractivity contribution in [3.8, 4) is 6.07 Å². The van der Waals surface area contributed by atoms with Crippen LogP contribution in [-0.4, -0.2) is 13.5 Å². The maximum Gasteiger partial charge on any atom is 0.256 e. The van der Waals surface area contributed by atoms with Gasteiger partial charge in [0, 0.05) is 0 Å². The summed E-state index contributed by atoms with van der Waals surface area (Å²) < 4.78 is 37.1. The minimum Gasteiger partial charge on any atom is -0.277 e. The number of hydrazone groups is 1. The molecule has 0 heterocycles. The number of nitriles is 1. The van der Waals surface area contributed by atoms with Gasteiger partial charge in [-0.25, -0.2) is 12.8 Å². The van der Waals surface area contributed by atoms with Crippen LogP contribution >= 0.6 is 0 Å². The molecule has 0 aliphatic heterocycles. The smallest absolute Gasteiger partial charge is 0.256 e. The highest BCUT2D eigenvalue weighted by Gasteiger charge is 2.22. The van der Waals surface area contributed by atoms with Crippen molar-refractivity contribution in [2.24, 2.45) is 5.10 Å². The van der Waals surface area contributed by atoms with E-state index in [9.17, 15) is 12.8 Å². The topological polar surface area (TPSA) is 82.3 Å². The number of hydrogen-bond acceptors (Lipinski definition) is 5. The van der Waals surface area contributed by atoms with Crippen molar-refractivity contribution >= 4 is 20.6 Å². The molecular formula is C14H10FN3O2S. The molecule has 7 heteroatoms. The Morgan fingerprint density at radius 2 is 1.71 bits per heavy atom. The Labute approximate surface area is 121 Å². The van der Waals surface area contributed by atoms with Crippen LogP contribution in [0, 0.1) is 17.1 Å². The second-order valence-corrected chi connectivity index (χ2v) is 5.83. The Hall–Kier alpha value is -2.72. The van der Waals surface area contributed by atoms with Crippen molar-refractivity contribution in [1.29, 1.82) is 5.26 Å². The summed E-state index contributed by atoms with van der Waals surface area (Å²) in [6, 6.07) is 14.2. The third-order valence-corrected chi connectivity index (χ3v) is 4.12. The third kappa shape index (κ3) is 3.43. The first-order valence-electron chi connectivity index (χ1n) is 5.83. The van der Waals surface area contributed by atoms with Crippen LogP contribution in [0.4, 0.5) is 10.1 Å². The number of rotatable bonds is 3. The first-order valence-corrected chi connectivity index (χ1v) is 7.32. The second-order valence-electron chi connectivity index (χ2n) is 3.96. The molecule has 0 aliphatic rings. The van der Waals surface area contributed by atoms with Gasteiger partial charge in [0.1, 0.15) is 11.9 Å². The Morgan fingerprint density at radius 1 is 1.10 bits per heavy atom. The fourth-order valence-corrected chi connectivity index (χ4v) is 2.52. The maximum atomic E-state index is 12.8. The van der Waals surface area contributed by atoms with Crippen LogP contribution in [0.1, 0.15) is 0 Å². The van der Waals surface area contributed by atoms with E-state index in [1.807, 2.05) is 0 Å². The Kier molecular flexibility index (Phi) is 4.30. The number of halogens is 1. The molecule has 0 atom stereocenters. The summed E-state index contributed by atoms with van der Waals surface area (Å²) in [5, 5.41) is 11.9. The van der Waals surface area contributed by atoms with Crippen LogP contribution in [0.2, 0.25) is 0 Å². The van der Waals surface area contributed by atoms with E-state index in [-0.39, 0.29) is 4.90 Å². The first kappa shape index (κ1) is 14.7. The standard InChI is InChI=1S/C14H10FN3O2S/c15-11-6-8-12(9-7-11)17-18-14(10-16)21(19,20)13-4-2-1-3-5-13/h1-9,17H. The molecule has 0 aliphatic carbocycles. The van der Waals surface area contributed by atoms with Crippen LogP contribution in [0.25, 0.3) is 0 Å². The summed E-state index contributed by atoms with van der Waals surface area (Å²) in [6.07, 6.45) is 0. The Balaban J connectivity index is 2.29. The van der Waals surface area contributed by atoms with Gasteiger partial charge in [-0.2, -0.15) is 10.4 Å². The highest BCUT2D eigenvalue weighted by molar-refractivity contribution is 8.07. The molecule has 0 bridgehead atoms. The van der Waals surface area contributed by atoms with Gasteiger partial charge in [-0.05, 0) is 36.4 Å². The summed E-state index contributed by atoms with van der Waals surface area (Å²) >= 11 is 0. The molecule has 106 valence electrons. The van der Waals surface area contributed by atoms with Gasteiger partial charge in [-0.1, -0.05) is 18.2 Å². The largest absolute Gasteiger partial charge is 0.277 e. The summed E-state index contributed by atoms with van der Waals surface area (Å²) in [5.74, 6) is -0.429. The van der Waals surface area contributed by atoms with Crippen molar-refractivity contribution < 1.29 is 12.8 Å². The highest BCUT2D eigenvalue weighted by atomic mass is 32.2. The quantitative estimate of drug-likeness (QED) is 0.536. The van der Waals surface area contributed by atoms with E-state index in [1.165, 1.54) is 36.4 Å². The van der Waals surface area contributed by atoms with Crippen LogP contribution in [-0.2, 0) is 9.84 Å². The molecular weight excluding hydrogens is 293 g/mol. The number of benzene rings is 2. The van der Waals surface area contributed by atoms with Crippen LogP contribution in [0.3, 0.4) is 0 Å². The summed E-state index contributed by atoms with van der Waals surface area (Å²) in [5.41, 5.74) is 2.79. The Morgan fingerprint density at radius 3 is 2.29 bits per heavy atom. The molecule has 0 fully saturated rings. The summed E-state index contributed by atoms with van der Waals surface area (Å²) in [6.45, 7) is 0. The minimum atomic E-state index is -3.98. The van der Waals surface area contributed by atoms with Gasteiger partial charge in [0.25, 0.3) is 5.04 Å². The minimum absolute atomic E-state index is 0.0220. The fraction of sp³-hybridized carbons (Fsp3) is 0. The predicted molar refractivity (Wildman–Crippen MR) is 76.7 cm³/mol. The predicted octanol–water partition coefficient (Wildman–Crippen LogP) is 2.55. The number of anilines is 1. The fourth-order valence-electron chi connectivity index (χ4n) is 1.50. The molecule has 0 saturated carbocycles. The van der Waals surface area contributed by atoms with E-state index in [1.54, 1.807) is 24.3 Å². The van der Waals surface area contributed by atoms with Crippen molar-refractivity contribution in [2.75, 3.05) is 5.43 Å². The summed E-state index contributed by atoms with van der Waals surface area (Å²) in [7, 11) is -3.98. The van der Waals surface area contributed by atoms with Crippen molar-refractivity contribution in [2.45, 2.75) is 4.90 Å². The molecule has 0 radical (unpaired) electrons. The zero-order valence-corrected chi connectivity index (χ0v) is 11.5. The third-order valence-electron chi connectivity index (χ3n) is 2.53. The first-order chi connectivity index (χ1) is 10.0. The van der Waals surface area contributed by atoms with E-state index >= 15 is 0 Å². The SMILES string of the molecule is N#CC(=NNc1ccc(F)cc1)S(=O)(=O)c1ccccc1. The van der Waals surface area contributed by atoms with Gasteiger partial charge in [0.05, 0.1) is 10.6 Å². The molecule has 0 amide bonds. The van der Waals surface area contributed by atoms with Gasteiger partial charge >= 0.3 is 0 Å². The van der Waals surface area contributed by atoms with E-state index in [4.69, 9.17) is 5.26 Å². The van der Waals surface area contributed by atoms with Crippen LogP contribution < -0.4 is 5.43 Å². The monoisotopic (exact) mass is 303 g/mol. The molecule has 0 saturated heterocycles. The van der Waals surface area contributed by atoms with Gasteiger partial charge in [-0.15, -0.1) is 0 Å². The molecule has 2 aromatic rings. The number of nitrogens with one attached hydrogen (secondary N) is 1. The van der Waals surface area contributed by atoms with Crippen molar-refractivity contribution in [3.63, 3.8) is 0 Å². The number of sulfone groups is 1. The molecule has 0 spiro atoms. The summed E-state index contributed by atoms with van der Waals surface area (Å²) in [4.78, 5) is -0.0220. The van der Waals surface area contributed by atoms with Gasteiger partial charge in [-0.3, -0.25) is 5.43 Å². The number of nitrogens with zero attached hydrogens (tertiary/aromatic N) is 2. The Bertz CT molecular complexity index is 794. The molecule has 0 aromatic heterocycles. The highest BCUT2D eigenvalue weighted by Crippen LogP contribution is 2.13. The van der Waals surface area contributed by atoms with Crippen molar-refractivity contribution in [1.82, 2.24) is 0 Å². The zero-order chi connectivity index (χ0) is 15.3. The number of hydrogen-bond donors (Lipinski definition) is 1. The van der Waals surface area contributed by atoms with E-state index < -0.39 is 20.7 Å². The van der Waals surface area contributed by atoms with E-state index in [2.05, 4.69) is 10.5 Å². The normalized spacial score (nSPS) is 11.7. The second kappa shape index (κ2) is 6.15. The lowest BCUT2D eigenvalue weighted by molar-refractivity contribution is 0.607. The molecule has 2 rings (SSSR count). The van der Waals surface area contributed by atoms with Crippen LogP contribution in [0.15, 0.2) is 64.6 Å². The lowest BCUT2D eigenvalue weighted by Gasteiger charge is -2.03. The van der Waals surface area contributed by atoms with Crippen molar-refractivity contribution in [3.05, 3.63) is 60.4 Å².